The van der Waals surface area contributed by atoms with E-state index in [0.717, 1.165) is 0 Å². The summed E-state index contributed by atoms with van der Waals surface area (Å²) in [6.45, 7) is 5.13. The second-order valence-electron chi connectivity index (χ2n) is 3.86. The summed E-state index contributed by atoms with van der Waals surface area (Å²) in [6.07, 6.45) is 0.287. The maximum atomic E-state index is 11.3. The molecule has 0 amide bonds. The van der Waals surface area contributed by atoms with Crippen LogP contribution >= 0.6 is 0 Å². The van der Waals surface area contributed by atoms with Crippen molar-refractivity contribution in [3.63, 3.8) is 0 Å². The third-order valence-corrected chi connectivity index (χ3v) is 3.71. The fraction of sp³-hybridized carbons (Fsp3) is 1.00. The number of aliphatic hydroxyl groups is 1. The van der Waals surface area contributed by atoms with Gasteiger partial charge < -0.3 is 10.0 Å². The van der Waals surface area contributed by atoms with Crippen molar-refractivity contribution in [2.75, 3.05) is 32.5 Å². The van der Waals surface area contributed by atoms with E-state index >= 15 is 0 Å². The number of nitrogens with one attached hydrogen (secondary N) is 1. The molecule has 6 heteroatoms. The number of nitrogens with zero attached hydrogens (tertiary/aromatic N) is 1. The number of sulfonamides is 1. The third-order valence-electron chi connectivity index (χ3n) is 2.24. The van der Waals surface area contributed by atoms with Crippen LogP contribution in [0.4, 0.5) is 0 Å². The van der Waals surface area contributed by atoms with Gasteiger partial charge in [0.2, 0.25) is 10.0 Å². The summed E-state index contributed by atoms with van der Waals surface area (Å²) < 4.78 is 25.1. The molecular formula is C9H22N2O3S. The first-order valence-corrected chi connectivity index (χ1v) is 6.82. The van der Waals surface area contributed by atoms with Gasteiger partial charge in [-0.1, -0.05) is 0 Å². The molecule has 0 bridgehead atoms. The molecule has 0 saturated carbocycles. The average molecular weight is 238 g/mol. The van der Waals surface area contributed by atoms with Crippen LogP contribution in [-0.2, 0) is 10.0 Å². The fourth-order valence-electron chi connectivity index (χ4n) is 0.962. The predicted octanol–water partition coefficient (Wildman–Crippen LogP) is -0.372. The highest BCUT2D eigenvalue weighted by Crippen LogP contribution is 1.93. The van der Waals surface area contributed by atoms with Gasteiger partial charge in [0.05, 0.1) is 5.75 Å². The van der Waals surface area contributed by atoms with Crippen molar-refractivity contribution in [1.29, 1.82) is 0 Å². The lowest BCUT2D eigenvalue weighted by Gasteiger charge is -2.20. The van der Waals surface area contributed by atoms with Gasteiger partial charge in [-0.15, -0.1) is 0 Å². The van der Waals surface area contributed by atoms with Crippen molar-refractivity contribution < 1.29 is 13.5 Å². The van der Waals surface area contributed by atoms with Crippen LogP contribution in [0.25, 0.3) is 0 Å². The highest BCUT2D eigenvalue weighted by Gasteiger charge is 2.09. The molecule has 0 aliphatic heterocycles. The maximum Gasteiger partial charge on any atom is 0.211 e. The van der Waals surface area contributed by atoms with Gasteiger partial charge in [-0.25, -0.2) is 13.1 Å². The summed E-state index contributed by atoms with van der Waals surface area (Å²) >= 11 is 0. The van der Waals surface area contributed by atoms with Crippen LogP contribution in [0, 0.1) is 0 Å². The molecule has 2 N–H and O–H groups in total. The SMILES string of the molecule is CC(C)N(C)CCNS(=O)(=O)CCCO. The fourth-order valence-corrected chi connectivity index (χ4v) is 2.02. The molecular weight excluding hydrogens is 216 g/mol. The molecule has 5 nitrogen and oxygen atoms in total. The van der Waals surface area contributed by atoms with Crippen molar-refractivity contribution in [3.05, 3.63) is 0 Å². The molecule has 15 heavy (non-hydrogen) atoms. The zero-order chi connectivity index (χ0) is 11.9. The van der Waals surface area contributed by atoms with E-state index in [0.29, 0.717) is 19.1 Å². The van der Waals surface area contributed by atoms with Crippen molar-refractivity contribution in [2.45, 2.75) is 26.3 Å². The van der Waals surface area contributed by atoms with Gasteiger partial charge in [0.1, 0.15) is 0 Å². The van der Waals surface area contributed by atoms with E-state index in [9.17, 15) is 8.42 Å². The lowest BCUT2D eigenvalue weighted by Crippen LogP contribution is -2.37. The van der Waals surface area contributed by atoms with E-state index in [2.05, 4.69) is 23.5 Å². The summed E-state index contributed by atoms with van der Waals surface area (Å²) in [7, 11) is -1.25. The molecule has 0 aliphatic rings. The van der Waals surface area contributed by atoms with Crippen LogP contribution in [0.3, 0.4) is 0 Å². The first-order valence-electron chi connectivity index (χ1n) is 5.17. The van der Waals surface area contributed by atoms with Crippen LogP contribution in [0.2, 0.25) is 0 Å². The molecule has 0 aromatic carbocycles. The molecule has 0 heterocycles. The Bertz CT molecular complexity index is 252. The predicted molar refractivity (Wildman–Crippen MR) is 61.3 cm³/mol. The molecule has 0 saturated heterocycles. The molecule has 0 unspecified atom stereocenters. The summed E-state index contributed by atoms with van der Waals surface area (Å²) in [4.78, 5) is 2.06. The lowest BCUT2D eigenvalue weighted by molar-refractivity contribution is 0.278. The zero-order valence-corrected chi connectivity index (χ0v) is 10.5. The van der Waals surface area contributed by atoms with E-state index < -0.39 is 10.0 Å². The molecule has 0 aliphatic carbocycles. The van der Waals surface area contributed by atoms with Crippen LogP contribution < -0.4 is 4.72 Å². The molecule has 0 aromatic rings. The Hall–Kier alpha value is -0.170. The normalized spacial score (nSPS) is 12.7. The minimum Gasteiger partial charge on any atom is -0.396 e. The second kappa shape index (κ2) is 7.16. The third kappa shape index (κ3) is 7.72. The Morgan fingerprint density at radius 1 is 1.40 bits per heavy atom. The minimum absolute atomic E-state index is 0.00507. The van der Waals surface area contributed by atoms with Crippen LogP contribution in [0.15, 0.2) is 0 Å². The standard InChI is InChI=1S/C9H22N2O3S/c1-9(2)11(3)6-5-10-15(13,14)8-4-7-12/h9-10,12H,4-8H2,1-3H3. The van der Waals surface area contributed by atoms with Crippen molar-refractivity contribution >= 4 is 10.0 Å². The van der Waals surface area contributed by atoms with Crippen molar-refractivity contribution in [1.82, 2.24) is 9.62 Å². The van der Waals surface area contributed by atoms with Gasteiger partial charge in [0.15, 0.2) is 0 Å². The molecule has 0 radical (unpaired) electrons. The van der Waals surface area contributed by atoms with Gasteiger partial charge in [0.25, 0.3) is 0 Å². The Labute approximate surface area is 92.5 Å². The first kappa shape index (κ1) is 14.8. The highest BCUT2D eigenvalue weighted by molar-refractivity contribution is 7.89. The Morgan fingerprint density at radius 3 is 2.47 bits per heavy atom. The molecule has 0 aromatic heterocycles. The second-order valence-corrected chi connectivity index (χ2v) is 5.79. The van der Waals surface area contributed by atoms with Crippen LogP contribution in [-0.4, -0.2) is 57.0 Å². The Balaban J connectivity index is 3.75. The number of hydrogen-bond acceptors (Lipinski definition) is 4. The average Bonchev–Trinajstić information content (AvgIpc) is 2.14. The summed E-state index contributed by atoms with van der Waals surface area (Å²) in [5, 5.41) is 8.52. The van der Waals surface area contributed by atoms with E-state index in [1.807, 2.05) is 7.05 Å². The molecule has 92 valence electrons. The van der Waals surface area contributed by atoms with E-state index in [1.54, 1.807) is 0 Å². The van der Waals surface area contributed by atoms with Gasteiger partial charge in [0, 0.05) is 25.7 Å². The van der Waals surface area contributed by atoms with E-state index in [1.165, 1.54) is 0 Å². The largest absolute Gasteiger partial charge is 0.396 e. The maximum absolute atomic E-state index is 11.3. The molecule has 0 atom stereocenters. The van der Waals surface area contributed by atoms with Crippen LogP contribution in [0.5, 0.6) is 0 Å². The summed E-state index contributed by atoms with van der Waals surface area (Å²) in [6, 6.07) is 0.409. The summed E-state index contributed by atoms with van der Waals surface area (Å²) in [5.41, 5.74) is 0. The van der Waals surface area contributed by atoms with Crippen molar-refractivity contribution in [3.8, 4) is 0 Å². The quantitative estimate of drug-likeness (QED) is 0.605. The summed E-state index contributed by atoms with van der Waals surface area (Å²) in [5.74, 6) is -0.00507. The van der Waals surface area contributed by atoms with Gasteiger partial charge in [-0.2, -0.15) is 0 Å². The molecule has 0 spiro atoms. The Morgan fingerprint density at radius 2 is 2.00 bits per heavy atom. The first-order chi connectivity index (χ1) is 6.89. The zero-order valence-electron chi connectivity index (χ0n) is 9.73. The number of rotatable bonds is 8. The number of likely N-dealkylation sites (N-methyl/N-ethyl adjacent to an activating group) is 1. The molecule has 0 rings (SSSR count). The van der Waals surface area contributed by atoms with Crippen LogP contribution in [0.1, 0.15) is 20.3 Å². The van der Waals surface area contributed by atoms with Gasteiger partial charge >= 0.3 is 0 Å². The van der Waals surface area contributed by atoms with Gasteiger partial charge in [-0.05, 0) is 27.3 Å². The Kier molecular flexibility index (Phi) is 7.08. The molecule has 0 fully saturated rings. The number of aliphatic hydroxyl groups excluding tert-OH is 1. The van der Waals surface area contributed by atoms with E-state index in [4.69, 9.17) is 5.11 Å². The minimum atomic E-state index is -3.20. The van der Waals surface area contributed by atoms with E-state index in [-0.39, 0.29) is 18.8 Å². The number of hydrogen-bond donors (Lipinski definition) is 2. The lowest BCUT2D eigenvalue weighted by atomic mass is 10.3. The van der Waals surface area contributed by atoms with Crippen molar-refractivity contribution in [2.24, 2.45) is 0 Å². The van der Waals surface area contributed by atoms with Gasteiger partial charge in [-0.3, -0.25) is 0 Å². The topological polar surface area (TPSA) is 69.6 Å². The smallest absolute Gasteiger partial charge is 0.211 e. The highest BCUT2D eigenvalue weighted by atomic mass is 32.2. The monoisotopic (exact) mass is 238 g/mol.